The van der Waals surface area contributed by atoms with Crippen molar-refractivity contribution in [3.05, 3.63) is 34.1 Å². The highest BCUT2D eigenvalue weighted by Crippen LogP contribution is 2.10. The topological polar surface area (TPSA) is 119 Å². The van der Waals surface area contributed by atoms with Crippen molar-refractivity contribution < 1.29 is 9.72 Å². The molecule has 9 nitrogen and oxygen atoms in total. The Labute approximate surface area is 94.6 Å². The Morgan fingerprint density at radius 1 is 1.65 bits per heavy atom. The smallest absolute Gasteiger partial charge is 0.343 e. The van der Waals surface area contributed by atoms with Crippen molar-refractivity contribution in [3.63, 3.8) is 0 Å². The number of nitrogens with zero attached hydrogens (tertiary/aromatic N) is 4. The van der Waals surface area contributed by atoms with E-state index in [1.165, 1.54) is 4.68 Å². The molecule has 0 aromatic carbocycles. The average molecular weight is 236 g/mol. The van der Waals surface area contributed by atoms with Crippen molar-refractivity contribution in [2.75, 3.05) is 5.32 Å². The van der Waals surface area contributed by atoms with E-state index in [1.54, 1.807) is 19.3 Å². The van der Waals surface area contributed by atoms with Gasteiger partial charge in [-0.05, 0) is 4.92 Å². The second kappa shape index (κ2) is 4.04. The molecule has 2 heterocycles. The number of carbonyl (C=O) groups is 1. The predicted octanol–water partition coefficient (Wildman–Crippen LogP) is 0.304. The van der Waals surface area contributed by atoms with Gasteiger partial charge in [0.2, 0.25) is 0 Å². The Bertz CT molecular complexity index is 571. The molecule has 0 radical (unpaired) electrons. The van der Waals surface area contributed by atoms with Crippen molar-refractivity contribution >= 4 is 17.5 Å². The number of hydrogen-bond acceptors (Lipinski definition) is 5. The van der Waals surface area contributed by atoms with E-state index >= 15 is 0 Å². The largest absolute Gasteiger partial charge is 0.358 e. The van der Waals surface area contributed by atoms with Gasteiger partial charge < -0.3 is 15.4 Å². The van der Waals surface area contributed by atoms with Gasteiger partial charge in [-0.3, -0.25) is 9.48 Å². The molecule has 88 valence electrons. The van der Waals surface area contributed by atoms with Crippen molar-refractivity contribution in [3.8, 4) is 0 Å². The number of anilines is 1. The molecule has 0 atom stereocenters. The summed E-state index contributed by atoms with van der Waals surface area (Å²) in [7, 11) is 1.70. The van der Waals surface area contributed by atoms with Crippen LogP contribution in [0.3, 0.4) is 0 Å². The normalized spacial score (nSPS) is 10.2. The average Bonchev–Trinajstić information content (AvgIpc) is 2.86. The molecule has 0 unspecified atom stereocenters. The van der Waals surface area contributed by atoms with E-state index in [2.05, 4.69) is 20.6 Å². The number of rotatable bonds is 3. The molecule has 9 heteroatoms. The SMILES string of the molecule is Cn1ccc(NC(=O)c2cc([N+](=O)[O-])[nH]n2)n1. The summed E-state index contributed by atoms with van der Waals surface area (Å²) < 4.78 is 1.52. The summed E-state index contributed by atoms with van der Waals surface area (Å²) in [5.41, 5.74) is -0.0673. The summed E-state index contributed by atoms with van der Waals surface area (Å²) in [6.07, 6.45) is 1.66. The molecule has 0 spiro atoms. The molecule has 0 bridgehead atoms. The van der Waals surface area contributed by atoms with E-state index in [0.717, 1.165) is 6.07 Å². The van der Waals surface area contributed by atoms with Gasteiger partial charge in [-0.15, -0.1) is 5.10 Å². The third-order valence-electron chi connectivity index (χ3n) is 1.95. The molecule has 2 aromatic heterocycles. The number of H-pyrrole nitrogens is 1. The van der Waals surface area contributed by atoms with Gasteiger partial charge in [0.25, 0.3) is 5.91 Å². The highest BCUT2D eigenvalue weighted by molar-refractivity contribution is 6.02. The molecule has 17 heavy (non-hydrogen) atoms. The molecular weight excluding hydrogens is 228 g/mol. The Kier molecular flexibility index (Phi) is 2.57. The van der Waals surface area contributed by atoms with Crippen molar-refractivity contribution in [2.45, 2.75) is 0 Å². The lowest BCUT2D eigenvalue weighted by Gasteiger charge is -1.96. The molecule has 0 saturated heterocycles. The van der Waals surface area contributed by atoms with Crippen LogP contribution in [-0.2, 0) is 7.05 Å². The second-order valence-electron chi connectivity index (χ2n) is 3.22. The lowest BCUT2D eigenvalue weighted by molar-refractivity contribution is -0.389. The molecule has 0 aliphatic heterocycles. The minimum absolute atomic E-state index is 0.0673. The van der Waals surface area contributed by atoms with Crippen LogP contribution in [0.15, 0.2) is 18.3 Å². The number of aryl methyl sites for hydroxylation is 1. The van der Waals surface area contributed by atoms with Crippen LogP contribution in [0.2, 0.25) is 0 Å². The first-order valence-electron chi connectivity index (χ1n) is 4.57. The molecule has 0 saturated carbocycles. The maximum Gasteiger partial charge on any atom is 0.343 e. The Morgan fingerprint density at radius 2 is 2.41 bits per heavy atom. The predicted molar refractivity (Wildman–Crippen MR) is 56.4 cm³/mol. The van der Waals surface area contributed by atoms with Gasteiger partial charge in [-0.1, -0.05) is 5.10 Å². The summed E-state index contributed by atoms with van der Waals surface area (Å²) in [4.78, 5) is 21.3. The quantitative estimate of drug-likeness (QED) is 0.586. The van der Waals surface area contributed by atoms with Gasteiger partial charge in [-0.2, -0.15) is 5.10 Å². The lowest BCUT2D eigenvalue weighted by atomic mass is 10.4. The zero-order valence-corrected chi connectivity index (χ0v) is 8.75. The Balaban J connectivity index is 2.11. The number of carbonyl (C=O) groups excluding carboxylic acids is 1. The molecule has 2 aromatic rings. The number of hydrogen-bond donors (Lipinski definition) is 2. The summed E-state index contributed by atoms with van der Waals surface area (Å²) in [6, 6.07) is 2.65. The monoisotopic (exact) mass is 236 g/mol. The van der Waals surface area contributed by atoms with Crippen molar-refractivity contribution in [1.29, 1.82) is 0 Å². The summed E-state index contributed by atoms with van der Waals surface area (Å²) >= 11 is 0. The van der Waals surface area contributed by atoms with Gasteiger partial charge in [0.05, 0.1) is 6.07 Å². The Hall–Kier alpha value is -2.71. The first-order valence-corrected chi connectivity index (χ1v) is 4.57. The van der Waals surface area contributed by atoms with Crippen LogP contribution >= 0.6 is 0 Å². The van der Waals surface area contributed by atoms with E-state index in [1.807, 2.05) is 0 Å². The first-order chi connectivity index (χ1) is 8.06. The Morgan fingerprint density at radius 3 is 2.94 bits per heavy atom. The fraction of sp³-hybridized carbons (Fsp3) is 0.125. The van der Waals surface area contributed by atoms with E-state index in [-0.39, 0.29) is 11.5 Å². The van der Waals surface area contributed by atoms with E-state index in [4.69, 9.17) is 0 Å². The van der Waals surface area contributed by atoms with E-state index in [0.29, 0.717) is 5.82 Å². The molecule has 0 aliphatic rings. The number of nitrogens with one attached hydrogen (secondary N) is 2. The number of aromatic nitrogens is 4. The van der Waals surface area contributed by atoms with Crippen LogP contribution in [0, 0.1) is 10.1 Å². The maximum atomic E-state index is 11.6. The molecule has 0 fully saturated rings. The molecule has 1 amide bonds. The van der Waals surface area contributed by atoms with Gasteiger partial charge in [-0.25, -0.2) is 0 Å². The summed E-state index contributed by atoms with van der Waals surface area (Å²) in [5.74, 6) is -0.549. The number of amides is 1. The number of nitro groups is 1. The number of aromatic amines is 1. The highest BCUT2D eigenvalue weighted by atomic mass is 16.6. The van der Waals surface area contributed by atoms with E-state index in [9.17, 15) is 14.9 Å². The zero-order valence-electron chi connectivity index (χ0n) is 8.75. The van der Waals surface area contributed by atoms with Crippen LogP contribution in [0.4, 0.5) is 11.6 Å². The molecular formula is C8H8N6O3. The van der Waals surface area contributed by atoms with Crippen LogP contribution in [0.1, 0.15) is 10.5 Å². The van der Waals surface area contributed by atoms with Crippen LogP contribution in [-0.4, -0.2) is 30.8 Å². The molecule has 2 rings (SSSR count). The fourth-order valence-corrected chi connectivity index (χ4v) is 1.18. The summed E-state index contributed by atoms with van der Waals surface area (Å²) in [6.45, 7) is 0. The van der Waals surface area contributed by atoms with Crippen LogP contribution in [0.5, 0.6) is 0 Å². The molecule has 2 N–H and O–H groups in total. The standard InChI is InChI=1S/C8H8N6O3/c1-13-3-2-6(12-13)9-8(15)5-4-7(11-10-5)14(16)17/h2-4H,1H3,(H,10,11)(H,9,12,15). The van der Waals surface area contributed by atoms with Gasteiger partial charge in [0.15, 0.2) is 11.5 Å². The van der Waals surface area contributed by atoms with Crippen molar-refractivity contribution in [2.24, 2.45) is 7.05 Å². The first kappa shape index (κ1) is 10.8. The highest BCUT2D eigenvalue weighted by Gasteiger charge is 2.16. The second-order valence-corrected chi connectivity index (χ2v) is 3.22. The van der Waals surface area contributed by atoms with Crippen molar-refractivity contribution in [1.82, 2.24) is 20.0 Å². The van der Waals surface area contributed by atoms with E-state index < -0.39 is 10.8 Å². The van der Waals surface area contributed by atoms with Gasteiger partial charge in [0.1, 0.15) is 0 Å². The van der Waals surface area contributed by atoms with Crippen LogP contribution < -0.4 is 5.32 Å². The summed E-state index contributed by atoms with van der Waals surface area (Å²) in [5, 5.41) is 22.4. The van der Waals surface area contributed by atoms with Gasteiger partial charge >= 0.3 is 5.82 Å². The van der Waals surface area contributed by atoms with Gasteiger partial charge in [0, 0.05) is 19.3 Å². The minimum atomic E-state index is -0.662. The third kappa shape index (κ3) is 2.27. The lowest BCUT2D eigenvalue weighted by Crippen LogP contribution is -2.13. The minimum Gasteiger partial charge on any atom is -0.358 e. The zero-order chi connectivity index (χ0) is 12.4. The maximum absolute atomic E-state index is 11.6. The molecule has 0 aliphatic carbocycles. The third-order valence-corrected chi connectivity index (χ3v) is 1.95. The fourth-order valence-electron chi connectivity index (χ4n) is 1.18. The van der Waals surface area contributed by atoms with Crippen LogP contribution in [0.25, 0.3) is 0 Å².